The van der Waals surface area contributed by atoms with Gasteiger partial charge >= 0.3 is 0 Å². The van der Waals surface area contributed by atoms with Crippen molar-refractivity contribution >= 4 is 15.7 Å². The van der Waals surface area contributed by atoms with Crippen molar-refractivity contribution < 1.29 is 8.42 Å². The molecule has 0 radical (unpaired) electrons. The highest BCUT2D eigenvalue weighted by atomic mass is 32.2. The average molecular weight is 266 g/mol. The minimum absolute atomic E-state index is 0.0469. The van der Waals surface area contributed by atoms with E-state index in [2.05, 4.69) is 4.72 Å². The van der Waals surface area contributed by atoms with Gasteiger partial charge in [0.1, 0.15) is 4.90 Å². The third-order valence-electron chi connectivity index (χ3n) is 3.21. The molecule has 0 fully saturated rings. The Kier molecular flexibility index (Phi) is 3.45. The van der Waals surface area contributed by atoms with Gasteiger partial charge in [-0.1, -0.05) is 24.3 Å². The second-order valence-electron chi connectivity index (χ2n) is 4.70. The highest BCUT2D eigenvalue weighted by Crippen LogP contribution is 2.26. The van der Waals surface area contributed by atoms with E-state index in [1.165, 1.54) is 0 Å². The largest absolute Gasteiger partial charge is 0.397 e. The number of nitrogens with one attached hydrogen (secondary N) is 1. The maximum absolute atomic E-state index is 12.4. The highest BCUT2D eigenvalue weighted by Gasteiger charge is 2.24. The van der Waals surface area contributed by atoms with E-state index < -0.39 is 10.0 Å². The van der Waals surface area contributed by atoms with Crippen LogP contribution in [-0.4, -0.2) is 14.5 Å². The predicted molar refractivity (Wildman–Crippen MR) is 72.8 cm³/mol. The lowest BCUT2D eigenvalue weighted by Crippen LogP contribution is -2.33. The first-order valence-corrected chi connectivity index (χ1v) is 7.43. The van der Waals surface area contributed by atoms with E-state index in [1.54, 1.807) is 13.0 Å². The topological polar surface area (TPSA) is 72.2 Å². The SMILES string of the molecule is Cc1ccc(C)c(S(=O)(=O)NC2CC=CC2)c1N. The van der Waals surface area contributed by atoms with E-state index in [1.807, 2.05) is 25.1 Å². The summed E-state index contributed by atoms with van der Waals surface area (Å²) in [6.45, 7) is 3.57. The van der Waals surface area contributed by atoms with Crippen molar-refractivity contribution in [1.82, 2.24) is 4.72 Å². The molecule has 1 aromatic carbocycles. The monoisotopic (exact) mass is 266 g/mol. The van der Waals surface area contributed by atoms with Gasteiger partial charge in [0, 0.05) is 6.04 Å². The molecule has 1 aliphatic rings. The molecule has 0 aliphatic heterocycles. The third-order valence-corrected chi connectivity index (χ3v) is 4.93. The molecule has 0 aromatic heterocycles. The van der Waals surface area contributed by atoms with E-state index in [4.69, 9.17) is 5.73 Å². The van der Waals surface area contributed by atoms with Gasteiger partial charge in [0.15, 0.2) is 0 Å². The molecule has 0 amide bonds. The smallest absolute Gasteiger partial charge is 0.243 e. The van der Waals surface area contributed by atoms with Gasteiger partial charge in [-0.25, -0.2) is 13.1 Å². The average Bonchev–Trinajstić information content (AvgIpc) is 2.75. The highest BCUT2D eigenvalue weighted by molar-refractivity contribution is 7.89. The second-order valence-corrected chi connectivity index (χ2v) is 6.35. The van der Waals surface area contributed by atoms with Crippen LogP contribution in [0.3, 0.4) is 0 Å². The Morgan fingerprint density at radius 2 is 1.72 bits per heavy atom. The summed E-state index contributed by atoms with van der Waals surface area (Å²) in [5.74, 6) is 0. The van der Waals surface area contributed by atoms with Crippen LogP contribution < -0.4 is 10.5 Å². The van der Waals surface area contributed by atoms with Crippen LogP contribution in [0.1, 0.15) is 24.0 Å². The van der Waals surface area contributed by atoms with Crippen LogP contribution in [0, 0.1) is 13.8 Å². The third kappa shape index (κ3) is 2.42. The molecule has 5 heteroatoms. The zero-order valence-corrected chi connectivity index (χ0v) is 11.4. The summed E-state index contributed by atoms with van der Waals surface area (Å²) in [4.78, 5) is 0.217. The number of rotatable bonds is 3. The van der Waals surface area contributed by atoms with Crippen LogP contribution in [-0.2, 0) is 10.0 Å². The lowest BCUT2D eigenvalue weighted by molar-refractivity contribution is 0.557. The molecule has 1 aromatic rings. The number of sulfonamides is 1. The molecular formula is C13H18N2O2S. The van der Waals surface area contributed by atoms with Crippen LogP contribution in [0.5, 0.6) is 0 Å². The van der Waals surface area contributed by atoms with Crippen molar-refractivity contribution in [2.75, 3.05) is 5.73 Å². The molecule has 0 heterocycles. The molecule has 0 unspecified atom stereocenters. The Bertz CT molecular complexity index is 583. The summed E-state index contributed by atoms with van der Waals surface area (Å²) in [7, 11) is -3.54. The van der Waals surface area contributed by atoms with Gasteiger partial charge in [0.05, 0.1) is 5.69 Å². The molecule has 0 spiro atoms. The van der Waals surface area contributed by atoms with Crippen molar-refractivity contribution in [3.05, 3.63) is 35.4 Å². The van der Waals surface area contributed by atoms with E-state index >= 15 is 0 Å². The van der Waals surface area contributed by atoms with Crippen LogP contribution in [0.25, 0.3) is 0 Å². The van der Waals surface area contributed by atoms with Gasteiger partial charge in [-0.2, -0.15) is 0 Å². The molecular weight excluding hydrogens is 248 g/mol. The molecule has 0 saturated carbocycles. The minimum atomic E-state index is -3.54. The van der Waals surface area contributed by atoms with Crippen LogP contribution in [0.15, 0.2) is 29.2 Å². The number of nitrogens with two attached hydrogens (primary N) is 1. The Morgan fingerprint density at radius 1 is 1.17 bits per heavy atom. The fraction of sp³-hybridized carbons (Fsp3) is 0.385. The molecule has 4 nitrogen and oxygen atoms in total. The summed E-state index contributed by atoms with van der Waals surface area (Å²) in [6.07, 6.45) is 5.45. The first-order chi connectivity index (χ1) is 8.42. The molecule has 0 bridgehead atoms. The number of nitrogen functional groups attached to an aromatic ring is 1. The number of hydrogen-bond acceptors (Lipinski definition) is 3. The predicted octanol–water partition coefficient (Wildman–Crippen LogP) is 1.88. The quantitative estimate of drug-likeness (QED) is 0.648. The lowest BCUT2D eigenvalue weighted by Gasteiger charge is -2.16. The van der Waals surface area contributed by atoms with Crippen LogP contribution in [0.4, 0.5) is 5.69 Å². The Balaban J connectivity index is 2.38. The van der Waals surface area contributed by atoms with Gasteiger partial charge in [-0.3, -0.25) is 0 Å². The zero-order valence-electron chi connectivity index (χ0n) is 10.6. The molecule has 3 N–H and O–H groups in total. The van der Waals surface area contributed by atoms with Crippen molar-refractivity contribution in [2.45, 2.75) is 37.6 Å². The Morgan fingerprint density at radius 3 is 2.33 bits per heavy atom. The zero-order chi connectivity index (χ0) is 13.3. The van der Waals surface area contributed by atoms with Crippen molar-refractivity contribution in [2.24, 2.45) is 0 Å². The minimum Gasteiger partial charge on any atom is -0.397 e. The van der Waals surface area contributed by atoms with E-state index in [9.17, 15) is 8.42 Å². The molecule has 0 saturated heterocycles. The molecule has 0 atom stereocenters. The Hall–Kier alpha value is -1.33. The normalized spacial score (nSPS) is 16.3. The van der Waals surface area contributed by atoms with Gasteiger partial charge in [-0.05, 0) is 37.8 Å². The fourth-order valence-electron chi connectivity index (χ4n) is 2.16. The second kappa shape index (κ2) is 4.74. The molecule has 1 aliphatic carbocycles. The maximum Gasteiger partial charge on any atom is 0.243 e. The summed E-state index contributed by atoms with van der Waals surface area (Å²) < 4.78 is 27.4. The molecule has 98 valence electrons. The summed E-state index contributed by atoms with van der Waals surface area (Å²) in [6, 6.07) is 3.57. The van der Waals surface area contributed by atoms with Crippen molar-refractivity contribution in [3.63, 3.8) is 0 Å². The lowest BCUT2D eigenvalue weighted by atomic mass is 10.1. The van der Waals surface area contributed by atoms with Gasteiger partial charge in [0.25, 0.3) is 0 Å². The number of aryl methyl sites for hydroxylation is 2. The number of anilines is 1. The van der Waals surface area contributed by atoms with Crippen molar-refractivity contribution in [3.8, 4) is 0 Å². The maximum atomic E-state index is 12.4. The summed E-state index contributed by atoms with van der Waals surface area (Å²) in [5, 5.41) is 0. The first-order valence-electron chi connectivity index (χ1n) is 5.95. The summed E-state index contributed by atoms with van der Waals surface area (Å²) >= 11 is 0. The van der Waals surface area contributed by atoms with Gasteiger partial charge in [0.2, 0.25) is 10.0 Å². The number of hydrogen-bond donors (Lipinski definition) is 2. The van der Waals surface area contributed by atoms with Gasteiger partial charge < -0.3 is 5.73 Å². The molecule has 18 heavy (non-hydrogen) atoms. The number of benzene rings is 1. The van der Waals surface area contributed by atoms with E-state index in [0.717, 1.165) is 18.4 Å². The fourth-order valence-corrected chi connectivity index (χ4v) is 3.85. The van der Waals surface area contributed by atoms with E-state index in [-0.39, 0.29) is 10.9 Å². The van der Waals surface area contributed by atoms with Crippen LogP contribution in [0.2, 0.25) is 0 Å². The van der Waals surface area contributed by atoms with E-state index in [0.29, 0.717) is 11.3 Å². The van der Waals surface area contributed by atoms with Crippen molar-refractivity contribution in [1.29, 1.82) is 0 Å². The van der Waals surface area contributed by atoms with Crippen LogP contribution >= 0.6 is 0 Å². The summed E-state index contributed by atoms with van der Waals surface area (Å²) in [5.41, 5.74) is 7.71. The molecule has 2 rings (SSSR count). The van der Waals surface area contributed by atoms with Gasteiger partial charge in [-0.15, -0.1) is 0 Å². The first kappa shape index (κ1) is 13.1. The Labute approximate surface area is 108 Å². The standard InChI is InChI=1S/C13H18N2O2S/c1-9-7-8-10(2)13(12(9)14)18(16,17)15-11-5-3-4-6-11/h3-4,7-8,11,15H,5-6,14H2,1-2H3.